The summed E-state index contributed by atoms with van der Waals surface area (Å²) in [4.78, 5) is 0. The van der Waals surface area contributed by atoms with E-state index in [-0.39, 0.29) is 5.82 Å². The highest BCUT2D eigenvalue weighted by Crippen LogP contribution is 2.41. The molecule has 0 aliphatic heterocycles. The molecule has 1 saturated carbocycles. The Hall–Kier alpha value is -1.35. The van der Waals surface area contributed by atoms with Gasteiger partial charge in [-0.15, -0.1) is 0 Å². The Morgan fingerprint density at radius 2 is 2.18 bits per heavy atom. The van der Waals surface area contributed by atoms with Crippen LogP contribution in [0.2, 0.25) is 0 Å². The highest BCUT2D eigenvalue weighted by molar-refractivity contribution is 5.86. The van der Waals surface area contributed by atoms with Gasteiger partial charge in [0.1, 0.15) is 5.82 Å². The number of halogens is 1. The van der Waals surface area contributed by atoms with E-state index in [1.807, 2.05) is 13.0 Å². The summed E-state index contributed by atoms with van der Waals surface area (Å²) in [5, 5.41) is 0.780. The van der Waals surface area contributed by atoms with Crippen LogP contribution in [0.1, 0.15) is 30.1 Å². The standard InChI is InChI=1S/C14H17FN2/c1-9-12(7-8-16)17(10-5-6-10)13-4-2-3-11(15)14(9)13/h2-4,10H,5-8,16H2,1H3. The van der Waals surface area contributed by atoms with E-state index in [1.54, 1.807) is 12.1 Å². The number of benzene rings is 1. The molecule has 3 heteroatoms. The molecule has 2 N–H and O–H groups in total. The van der Waals surface area contributed by atoms with E-state index < -0.39 is 0 Å². The van der Waals surface area contributed by atoms with Crippen molar-refractivity contribution in [1.29, 1.82) is 0 Å². The maximum absolute atomic E-state index is 13.9. The quantitative estimate of drug-likeness (QED) is 0.866. The van der Waals surface area contributed by atoms with Gasteiger partial charge in [-0.1, -0.05) is 6.07 Å². The number of hydrogen-bond donors (Lipinski definition) is 1. The third-order valence-electron chi connectivity index (χ3n) is 3.64. The molecule has 1 heterocycles. The predicted octanol–water partition coefficient (Wildman–Crippen LogP) is 2.92. The minimum absolute atomic E-state index is 0.113. The van der Waals surface area contributed by atoms with Crippen LogP contribution < -0.4 is 5.73 Å². The molecule has 1 aromatic carbocycles. The molecule has 3 rings (SSSR count). The molecule has 0 saturated heterocycles. The zero-order valence-electron chi connectivity index (χ0n) is 10.0. The molecule has 0 atom stereocenters. The summed E-state index contributed by atoms with van der Waals surface area (Å²) in [6, 6.07) is 5.92. The summed E-state index contributed by atoms with van der Waals surface area (Å²) < 4.78 is 16.2. The summed E-state index contributed by atoms with van der Waals surface area (Å²) in [5.74, 6) is -0.113. The fraction of sp³-hybridized carbons (Fsp3) is 0.429. The molecule has 1 fully saturated rings. The van der Waals surface area contributed by atoms with Crippen LogP contribution >= 0.6 is 0 Å². The molecule has 0 amide bonds. The molecule has 17 heavy (non-hydrogen) atoms. The SMILES string of the molecule is Cc1c(CCN)n(C2CC2)c2cccc(F)c12. The smallest absolute Gasteiger partial charge is 0.132 e. The van der Waals surface area contributed by atoms with Gasteiger partial charge in [-0.3, -0.25) is 0 Å². The Morgan fingerprint density at radius 3 is 2.82 bits per heavy atom. The lowest BCUT2D eigenvalue weighted by Crippen LogP contribution is -2.09. The van der Waals surface area contributed by atoms with Crippen LogP contribution in [0.5, 0.6) is 0 Å². The summed E-state index contributed by atoms with van der Waals surface area (Å²) in [6.07, 6.45) is 3.24. The van der Waals surface area contributed by atoms with Gasteiger partial charge in [-0.25, -0.2) is 4.39 Å². The van der Waals surface area contributed by atoms with E-state index in [0.717, 1.165) is 22.9 Å². The molecule has 1 aliphatic carbocycles. The first-order valence-corrected chi connectivity index (χ1v) is 6.22. The highest BCUT2D eigenvalue weighted by atomic mass is 19.1. The normalized spacial score (nSPS) is 15.7. The monoisotopic (exact) mass is 232 g/mol. The first kappa shape index (κ1) is 10.8. The van der Waals surface area contributed by atoms with E-state index >= 15 is 0 Å². The lowest BCUT2D eigenvalue weighted by Gasteiger charge is -2.09. The van der Waals surface area contributed by atoms with Crippen molar-refractivity contribution in [2.24, 2.45) is 5.73 Å². The van der Waals surface area contributed by atoms with E-state index in [4.69, 9.17) is 5.73 Å². The lowest BCUT2D eigenvalue weighted by molar-refractivity contribution is 0.639. The second kappa shape index (κ2) is 3.84. The van der Waals surface area contributed by atoms with E-state index in [0.29, 0.717) is 12.6 Å². The zero-order valence-corrected chi connectivity index (χ0v) is 10.0. The molecule has 0 radical (unpaired) electrons. The number of nitrogens with two attached hydrogens (primary N) is 1. The molecule has 2 nitrogen and oxygen atoms in total. The second-order valence-corrected chi connectivity index (χ2v) is 4.85. The first-order valence-electron chi connectivity index (χ1n) is 6.22. The average Bonchev–Trinajstić information content (AvgIpc) is 3.08. The van der Waals surface area contributed by atoms with Gasteiger partial charge in [0.05, 0.1) is 5.52 Å². The maximum atomic E-state index is 13.9. The number of aromatic nitrogens is 1. The Labute approximate surface area is 100 Å². The third kappa shape index (κ3) is 1.57. The molecule has 0 spiro atoms. The van der Waals surface area contributed by atoms with Gasteiger partial charge in [0.25, 0.3) is 0 Å². The van der Waals surface area contributed by atoms with Crippen LogP contribution in [-0.4, -0.2) is 11.1 Å². The van der Waals surface area contributed by atoms with Crippen molar-refractivity contribution in [3.8, 4) is 0 Å². The van der Waals surface area contributed by atoms with Gasteiger partial charge >= 0.3 is 0 Å². The van der Waals surface area contributed by atoms with Gasteiger partial charge in [-0.05, 0) is 44.0 Å². The predicted molar refractivity (Wildman–Crippen MR) is 67.7 cm³/mol. The minimum Gasteiger partial charge on any atom is -0.341 e. The third-order valence-corrected chi connectivity index (χ3v) is 3.64. The Bertz CT molecular complexity index is 567. The molecule has 2 aromatic rings. The van der Waals surface area contributed by atoms with Crippen molar-refractivity contribution in [3.05, 3.63) is 35.3 Å². The number of aryl methyl sites for hydroxylation is 1. The number of fused-ring (bicyclic) bond motifs is 1. The fourth-order valence-electron chi connectivity index (χ4n) is 2.75. The lowest BCUT2D eigenvalue weighted by atomic mass is 10.1. The van der Waals surface area contributed by atoms with Crippen molar-refractivity contribution in [2.45, 2.75) is 32.2 Å². The Kier molecular flexibility index (Phi) is 2.44. The summed E-state index contributed by atoms with van der Waals surface area (Å²) in [7, 11) is 0. The molecule has 0 unspecified atom stereocenters. The van der Waals surface area contributed by atoms with Crippen LogP contribution in [0.3, 0.4) is 0 Å². The molecule has 0 bridgehead atoms. The topological polar surface area (TPSA) is 30.9 Å². The summed E-state index contributed by atoms with van der Waals surface area (Å²) >= 11 is 0. The van der Waals surface area contributed by atoms with Crippen molar-refractivity contribution in [1.82, 2.24) is 4.57 Å². The average molecular weight is 232 g/mol. The van der Waals surface area contributed by atoms with Crippen molar-refractivity contribution in [3.63, 3.8) is 0 Å². The number of hydrogen-bond acceptors (Lipinski definition) is 1. The van der Waals surface area contributed by atoms with Gasteiger partial charge in [-0.2, -0.15) is 0 Å². The number of rotatable bonds is 3. The van der Waals surface area contributed by atoms with Crippen LogP contribution in [0.4, 0.5) is 4.39 Å². The zero-order chi connectivity index (χ0) is 12.0. The van der Waals surface area contributed by atoms with E-state index in [1.165, 1.54) is 18.5 Å². The Morgan fingerprint density at radius 1 is 1.41 bits per heavy atom. The van der Waals surface area contributed by atoms with Gasteiger partial charge < -0.3 is 10.3 Å². The Balaban J connectivity index is 2.33. The van der Waals surface area contributed by atoms with Gasteiger partial charge in [0.2, 0.25) is 0 Å². The second-order valence-electron chi connectivity index (χ2n) is 4.85. The molecule has 1 aromatic heterocycles. The van der Waals surface area contributed by atoms with Crippen molar-refractivity contribution < 1.29 is 4.39 Å². The van der Waals surface area contributed by atoms with Crippen molar-refractivity contribution in [2.75, 3.05) is 6.54 Å². The largest absolute Gasteiger partial charge is 0.341 e. The van der Waals surface area contributed by atoms with E-state index in [9.17, 15) is 4.39 Å². The van der Waals surface area contributed by atoms with Crippen LogP contribution in [0.15, 0.2) is 18.2 Å². The molecule has 1 aliphatic rings. The maximum Gasteiger partial charge on any atom is 0.132 e. The van der Waals surface area contributed by atoms with Crippen LogP contribution in [-0.2, 0) is 6.42 Å². The highest BCUT2D eigenvalue weighted by Gasteiger charge is 2.29. The molecular weight excluding hydrogens is 215 g/mol. The number of nitrogens with zero attached hydrogens (tertiary/aromatic N) is 1. The summed E-state index contributed by atoms with van der Waals surface area (Å²) in [6.45, 7) is 2.63. The minimum atomic E-state index is -0.113. The van der Waals surface area contributed by atoms with Crippen LogP contribution in [0, 0.1) is 12.7 Å². The fourth-order valence-corrected chi connectivity index (χ4v) is 2.75. The van der Waals surface area contributed by atoms with Gasteiger partial charge in [0.15, 0.2) is 0 Å². The van der Waals surface area contributed by atoms with Crippen molar-refractivity contribution >= 4 is 10.9 Å². The molecule has 90 valence electrons. The van der Waals surface area contributed by atoms with Crippen LogP contribution in [0.25, 0.3) is 10.9 Å². The van der Waals surface area contributed by atoms with E-state index in [2.05, 4.69) is 4.57 Å². The summed E-state index contributed by atoms with van der Waals surface area (Å²) in [5.41, 5.74) is 8.99. The molecular formula is C14H17FN2. The first-order chi connectivity index (χ1) is 8.24. The van der Waals surface area contributed by atoms with Gasteiger partial charge in [0, 0.05) is 23.5 Å².